The van der Waals surface area contributed by atoms with Gasteiger partial charge in [0.2, 0.25) is 0 Å². The predicted molar refractivity (Wildman–Crippen MR) is 62.3 cm³/mol. The molecule has 2 nitrogen and oxygen atoms in total. The van der Waals surface area contributed by atoms with E-state index in [1.165, 1.54) is 24.3 Å². The zero-order valence-electron chi connectivity index (χ0n) is 8.62. The Morgan fingerprint density at radius 1 is 1.24 bits per heavy atom. The van der Waals surface area contributed by atoms with Crippen LogP contribution >= 0.6 is 24.0 Å². The number of alkyl halides is 3. The van der Waals surface area contributed by atoms with E-state index in [4.69, 9.17) is 17.3 Å². The maximum absolute atomic E-state index is 12.1. The van der Waals surface area contributed by atoms with Crippen LogP contribution < -0.4 is 5.73 Å². The highest BCUT2D eigenvalue weighted by Crippen LogP contribution is 2.27. The van der Waals surface area contributed by atoms with E-state index in [1.54, 1.807) is 0 Å². The van der Waals surface area contributed by atoms with Crippen LogP contribution in [0.1, 0.15) is 18.1 Å². The van der Waals surface area contributed by atoms with Crippen molar-refractivity contribution in [3.05, 3.63) is 34.9 Å². The molecule has 0 amide bonds. The normalized spacial score (nSPS) is 14.9. The zero-order chi connectivity index (χ0) is 12.3. The number of aliphatic hydroxyl groups is 1. The van der Waals surface area contributed by atoms with Crippen LogP contribution in [0.4, 0.5) is 13.2 Å². The summed E-state index contributed by atoms with van der Waals surface area (Å²) < 4.78 is 36.4. The van der Waals surface area contributed by atoms with Crippen molar-refractivity contribution >= 4 is 24.0 Å². The molecule has 0 aliphatic heterocycles. The van der Waals surface area contributed by atoms with Crippen LogP contribution in [0.15, 0.2) is 24.3 Å². The van der Waals surface area contributed by atoms with Gasteiger partial charge in [-0.3, -0.25) is 0 Å². The molecule has 0 spiro atoms. The maximum atomic E-state index is 12.1. The quantitative estimate of drug-likeness (QED) is 0.898. The maximum Gasteiger partial charge on any atom is 0.403 e. The van der Waals surface area contributed by atoms with Crippen LogP contribution in [-0.4, -0.2) is 17.3 Å². The molecule has 0 saturated carbocycles. The molecule has 3 N–H and O–H groups in total. The molecule has 17 heavy (non-hydrogen) atoms. The molecule has 0 unspecified atom stereocenters. The second-order valence-electron chi connectivity index (χ2n) is 3.45. The summed E-state index contributed by atoms with van der Waals surface area (Å²) in [4.78, 5) is 0. The molecule has 7 heteroatoms. The number of hydrogen-bond acceptors (Lipinski definition) is 2. The number of benzene rings is 1. The molecule has 98 valence electrons. The molecule has 1 aromatic rings. The summed E-state index contributed by atoms with van der Waals surface area (Å²) in [7, 11) is 0. The molecule has 0 heterocycles. The molecule has 0 bridgehead atoms. The highest BCUT2D eigenvalue weighted by Gasteiger charge is 2.37. The highest BCUT2D eigenvalue weighted by atomic mass is 35.5. The second-order valence-corrected chi connectivity index (χ2v) is 3.89. The van der Waals surface area contributed by atoms with Gasteiger partial charge in [-0.2, -0.15) is 13.2 Å². The summed E-state index contributed by atoms with van der Waals surface area (Å²) in [6, 6.07) is 3.91. The van der Waals surface area contributed by atoms with Crippen molar-refractivity contribution in [3.8, 4) is 0 Å². The van der Waals surface area contributed by atoms with E-state index in [0.717, 1.165) is 0 Å². The van der Waals surface area contributed by atoms with E-state index < -0.39 is 24.7 Å². The third kappa shape index (κ3) is 5.12. The minimum Gasteiger partial charge on any atom is -0.388 e. The van der Waals surface area contributed by atoms with Crippen molar-refractivity contribution in [1.29, 1.82) is 0 Å². The van der Waals surface area contributed by atoms with Gasteiger partial charge in [-0.25, -0.2) is 0 Å². The van der Waals surface area contributed by atoms with Gasteiger partial charge in [-0.1, -0.05) is 23.7 Å². The summed E-state index contributed by atoms with van der Waals surface area (Å²) >= 11 is 5.61. The van der Waals surface area contributed by atoms with Crippen molar-refractivity contribution in [2.24, 2.45) is 5.73 Å². The molecular weight excluding hydrogens is 278 g/mol. The number of aliphatic hydroxyl groups excluding tert-OH is 1. The number of nitrogens with two attached hydrogens (primary N) is 1. The number of hydrogen-bond donors (Lipinski definition) is 2. The van der Waals surface area contributed by atoms with Crippen LogP contribution in [0, 0.1) is 0 Å². The summed E-state index contributed by atoms with van der Waals surface area (Å²) in [6.07, 6.45) is -6.30. The van der Waals surface area contributed by atoms with E-state index in [0.29, 0.717) is 10.6 Å². The topological polar surface area (TPSA) is 46.2 Å². The van der Waals surface area contributed by atoms with Gasteiger partial charge in [0.05, 0.1) is 6.10 Å². The Morgan fingerprint density at radius 3 is 2.12 bits per heavy atom. The molecule has 1 rings (SSSR count). The fourth-order valence-electron chi connectivity index (χ4n) is 1.20. The van der Waals surface area contributed by atoms with E-state index >= 15 is 0 Å². The smallest absolute Gasteiger partial charge is 0.388 e. The van der Waals surface area contributed by atoms with E-state index in [-0.39, 0.29) is 12.4 Å². The molecule has 0 fully saturated rings. The first kappa shape index (κ1) is 16.5. The van der Waals surface area contributed by atoms with Gasteiger partial charge < -0.3 is 10.8 Å². The standard InChI is InChI=1S/C10H11ClF3NO.ClH/c11-7-3-1-6(2-4-7)8(16)5-9(15)10(12,13)14;/h1-4,8-9,16H,5,15H2;1H/t8-,9-;/m0./s1. The summed E-state index contributed by atoms with van der Waals surface area (Å²) in [6.45, 7) is 0. The largest absolute Gasteiger partial charge is 0.403 e. The van der Waals surface area contributed by atoms with Crippen LogP contribution in [-0.2, 0) is 0 Å². The van der Waals surface area contributed by atoms with Gasteiger partial charge in [-0.15, -0.1) is 12.4 Å². The lowest BCUT2D eigenvalue weighted by Crippen LogP contribution is -2.38. The summed E-state index contributed by atoms with van der Waals surface area (Å²) in [5, 5.41) is 9.98. The Kier molecular flexibility index (Phi) is 6.26. The minimum atomic E-state index is -4.49. The van der Waals surface area contributed by atoms with Gasteiger partial charge in [-0.05, 0) is 17.7 Å². The fraction of sp³-hybridized carbons (Fsp3) is 0.400. The molecular formula is C10H12Cl2F3NO. The lowest BCUT2D eigenvalue weighted by molar-refractivity contribution is -0.153. The van der Waals surface area contributed by atoms with Crippen molar-refractivity contribution < 1.29 is 18.3 Å². The van der Waals surface area contributed by atoms with Crippen LogP contribution in [0.5, 0.6) is 0 Å². The Hall–Kier alpha value is -0.490. The first-order valence-electron chi connectivity index (χ1n) is 4.56. The molecule has 0 aromatic heterocycles. The van der Waals surface area contributed by atoms with Gasteiger partial charge in [0, 0.05) is 11.4 Å². The van der Waals surface area contributed by atoms with Crippen molar-refractivity contribution in [2.45, 2.75) is 24.7 Å². The number of rotatable bonds is 3. The van der Waals surface area contributed by atoms with Gasteiger partial charge in [0.15, 0.2) is 0 Å². The Labute approximate surface area is 108 Å². The molecule has 0 aliphatic carbocycles. The Bertz CT molecular complexity index is 342. The van der Waals surface area contributed by atoms with E-state index in [2.05, 4.69) is 0 Å². The molecule has 0 aliphatic rings. The van der Waals surface area contributed by atoms with Crippen LogP contribution in [0.2, 0.25) is 5.02 Å². The van der Waals surface area contributed by atoms with E-state index in [1.807, 2.05) is 0 Å². The molecule has 1 aromatic carbocycles. The third-order valence-corrected chi connectivity index (χ3v) is 2.40. The zero-order valence-corrected chi connectivity index (χ0v) is 10.2. The first-order chi connectivity index (χ1) is 7.30. The minimum absolute atomic E-state index is 0. The van der Waals surface area contributed by atoms with Gasteiger partial charge in [0.1, 0.15) is 6.04 Å². The lowest BCUT2D eigenvalue weighted by Gasteiger charge is -2.19. The summed E-state index contributed by atoms with van der Waals surface area (Å²) in [5.41, 5.74) is 5.27. The third-order valence-electron chi connectivity index (χ3n) is 2.15. The second kappa shape index (κ2) is 6.44. The SMILES string of the molecule is Cl.N[C@@H](C[C@H](O)c1ccc(Cl)cc1)C(F)(F)F. The monoisotopic (exact) mass is 289 g/mol. The summed E-state index contributed by atoms with van der Waals surface area (Å²) in [5.74, 6) is 0. The van der Waals surface area contributed by atoms with Crippen LogP contribution in [0.3, 0.4) is 0 Å². The Balaban J connectivity index is 0.00000256. The van der Waals surface area contributed by atoms with Crippen molar-refractivity contribution in [1.82, 2.24) is 0 Å². The van der Waals surface area contributed by atoms with Crippen molar-refractivity contribution in [2.75, 3.05) is 0 Å². The fourth-order valence-corrected chi connectivity index (χ4v) is 1.32. The lowest BCUT2D eigenvalue weighted by atomic mass is 10.0. The molecule has 2 atom stereocenters. The van der Waals surface area contributed by atoms with Gasteiger partial charge >= 0.3 is 6.18 Å². The van der Waals surface area contributed by atoms with E-state index in [9.17, 15) is 18.3 Å². The van der Waals surface area contributed by atoms with Gasteiger partial charge in [0.25, 0.3) is 0 Å². The number of halogens is 5. The first-order valence-corrected chi connectivity index (χ1v) is 4.94. The predicted octanol–water partition coefficient (Wildman–Crippen LogP) is 3.07. The highest BCUT2D eigenvalue weighted by molar-refractivity contribution is 6.30. The Morgan fingerprint density at radius 2 is 1.71 bits per heavy atom. The average Bonchev–Trinajstić information content (AvgIpc) is 2.17. The average molecular weight is 290 g/mol. The van der Waals surface area contributed by atoms with Crippen LogP contribution in [0.25, 0.3) is 0 Å². The molecule has 0 radical (unpaired) electrons. The molecule has 0 saturated heterocycles. The van der Waals surface area contributed by atoms with Crippen molar-refractivity contribution in [3.63, 3.8) is 0 Å².